The molecular formula is C18H24O2. The predicted octanol–water partition coefficient (Wildman–Crippen LogP) is 4.64. The molecule has 1 saturated carbocycles. The van der Waals surface area contributed by atoms with E-state index in [4.69, 9.17) is 4.74 Å². The zero-order chi connectivity index (χ0) is 13.9. The van der Waals surface area contributed by atoms with Crippen molar-refractivity contribution in [2.45, 2.75) is 76.2 Å². The highest BCUT2D eigenvalue weighted by atomic mass is 16.5. The number of phenols is 1. The van der Waals surface area contributed by atoms with Gasteiger partial charge in [-0.1, -0.05) is 13.3 Å². The fraction of sp³-hybridized carbons (Fsp3) is 0.667. The molecule has 1 fully saturated rings. The molecule has 3 atom stereocenters. The quantitative estimate of drug-likeness (QED) is 0.849. The summed E-state index contributed by atoms with van der Waals surface area (Å²) >= 11 is 0. The largest absolute Gasteiger partial charge is 0.508 e. The lowest BCUT2D eigenvalue weighted by Crippen LogP contribution is -2.36. The highest BCUT2D eigenvalue weighted by Crippen LogP contribution is 2.60. The number of ether oxygens (including phenoxy) is 1. The maximum absolute atomic E-state index is 10.4. The molecule has 2 bridgehead atoms. The Morgan fingerprint density at radius 3 is 2.80 bits per heavy atom. The van der Waals surface area contributed by atoms with Crippen LogP contribution in [-0.4, -0.2) is 10.7 Å². The van der Waals surface area contributed by atoms with Gasteiger partial charge in [0.1, 0.15) is 17.1 Å². The molecule has 0 radical (unpaired) electrons. The third kappa shape index (κ3) is 1.63. The average molecular weight is 272 g/mol. The molecule has 3 aliphatic rings. The third-order valence-corrected chi connectivity index (χ3v) is 5.71. The van der Waals surface area contributed by atoms with E-state index in [-0.39, 0.29) is 5.60 Å². The summed E-state index contributed by atoms with van der Waals surface area (Å²) in [6.45, 7) is 4.49. The van der Waals surface area contributed by atoms with E-state index in [0.717, 1.165) is 31.4 Å². The Balaban J connectivity index is 1.82. The lowest BCUT2D eigenvalue weighted by atomic mass is 9.83. The summed E-state index contributed by atoms with van der Waals surface area (Å²) in [5, 5.41) is 10.4. The minimum atomic E-state index is -0.00563. The number of hydrogen-bond acceptors (Lipinski definition) is 2. The minimum Gasteiger partial charge on any atom is -0.508 e. The summed E-state index contributed by atoms with van der Waals surface area (Å²) in [7, 11) is 0. The van der Waals surface area contributed by atoms with Crippen molar-refractivity contribution in [3.63, 3.8) is 0 Å². The van der Waals surface area contributed by atoms with Crippen LogP contribution in [0.25, 0.3) is 0 Å². The van der Waals surface area contributed by atoms with Crippen LogP contribution < -0.4 is 4.74 Å². The molecule has 1 N–H and O–H groups in total. The van der Waals surface area contributed by atoms with Gasteiger partial charge in [-0.15, -0.1) is 0 Å². The first-order chi connectivity index (χ1) is 9.61. The van der Waals surface area contributed by atoms with Crippen LogP contribution in [-0.2, 0) is 6.42 Å². The molecule has 0 aromatic heterocycles. The number of phenolic OH excluding ortho intramolecular Hbond substituents is 1. The van der Waals surface area contributed by atoms with E-state index < -0.39 is 0 Å². The SMILES string of the molecule is CCCC1(C)CCc2cc(O)c3c(c2O1)C1CCC3C1. The smallest absolute Gasteiger partial charge is 0.127 e. The Bertz CT molecular complexity index is 563. The Morgan fingerprint density at radius 1 is 1.30 bits per heavy atom. The van der Waals surface area contributed by atoms with E-state index in [0.29, 0.717) is 17.6 Å². The monoisotopic (exact) mass is 272 g/mol. The van der Waals surface area contributed by atoms with Crippen LogP contribution in [0.3, 0.4) is 0 Å². The van der Waals surface area contributed by atoms with Gasteiger partial charge in [0.15, 0.2) is 0 Å². The lowest BCUT2D eigenvalue weighted by molar-refractivity contribution is 0.0537. The van der Waals surface area contributed by atoms with E-state index in [1.807, 2.05) is 6.07 Å². The molecular weight excluding hydrogens is 248 g/mol. The van der Waals surface area contributed by atoms with E-state index in [1.165, 1.54) is 36.0 Å². The second-order valence-electron chi connectivity index (χ2n) is 7.22. The van der Waals surface area contributed by atoms with Gasteiger partial charge in [-0.25, -0.2) is 0 Å². The first-order valence-corrected chi connectivity index (χ1v) is 8.19. The van der Waals surface area contributed by atoms with Gasteiger partial charge in [0.2, 0.25) is 0 Å². The summed E-state index contributed by atoms with van der Waals surface area (Å²) in [6, 6.07) is 1.99. The number of aryl methyl sites for hydroxylation is 1. The van der Waals surface area contributed by atoms with Gasteiger partial charge < -0.3 is 9.84 Å². The maximum atomic E-state index is 10.4. The third-order valence-electron chi connectivity index (χ3n) is 5.71. The number of rotatable bonds is 2. The van der Waals surface area contributed by atoms with Crippen LogP contribution in [0.1, 0.15) is 80.9 Å². The fourth-order valence-electron chi connectivity index (χ4n) is 4.79. The van der Waals surface area contributed by atoms with Crippen LogP contribution in [0.5, 0.6) is 11.5 Å². The fourth-order valence-corrected chi connectivity index (χ4v) is 4.79. The van der Waals surface area contributed by atoms with Gasteiger partial charge in [-0.2, -0.15) is 0 Å². The van der Waals surface area contributed by atoms with Crippen molar-refractivity contribution in [1.29, 1.82) is 0 Å². The zero-order valence-electron chi connectivity index (χ0n) is 12.5. The van der Waals surface area contributed by atoms with Gasteiger partial charge in [0.25, 0.3) is 0 Å². The summed E-state index contributed by atoms with van der Waals surface area (Å²) in [5.74, 6) is 2.91. The Morgan fingerprint density at radius 2 is 2.05 bits per heavy atom. The van der Waals surface area contributed by atoms with Crippen LogP contribution in [0.2, 0.25) is 0 Å². The van der Waals surface area contributed by atoms with Crippen LogP contribution in [0.4, 0.5) is 0 Å². The van der Waals surface area contributed by atoms with Crippen molar-refractivity contribution < 1.29 is 9.84 Å². The van der Waals surface area contributed by atoms with E-state index in [9.17, 15) is 5.11 Å². The number of aromatic hydroxyl groups is 1. The molecule has 1 heterocycles. The van der Waals surface area contributed by atoms with Gasteiger partial charge in [-0.05, 0) is 68.9 Å². The van der Waals surface area contributed by atoms with Crippen LogP contribution in [0, 0.1) is 0 Å². The van der Waals surface area contributed by atoms with Crippen LogP contribution >= 0.6 is 0 Å². The Hall–Kier alpha value is -1.18. The van der Waals surface area contributed by atoms with Gasteiger partial charge in [0.05, 0.1) is 0 Å². The standard InChI is InChI=1S/C18H24O2/c1-3-7-18(2)8-6-13-10-14(19)15-11-4-5-12(9-11)16(15)17(13)20-18/h10-12,19H,3-9H2,1-2H3. The summed E-state index contributed by atoms with van der Waals surface area (Å²) in [5.41, 5.74) is 3.83. The van der Waals surface area contributed by atoms with E-state index >= 15 is 0 Å². The molecule has 0 spiro atoms. The molecule has 1 aromatic carbocycles. The second-order valence-corrected chi connectivity index (χ2v) is 7.22. The molecule has 20 heavy (non-hydrogen) atoms. The molecule has 2 heteroatoms. The van der Waals surface area contributed by atoms with Crippen molar-refractivity contribution in [3.05, 3.63) is 22.8 Å². The molecule has 1 aromatic rings. The maximum Gasteiger partial charge on any atom is 0.127 e. The summed E-state index contributed by atoms with van der Waals surface area (Å²) < 4.78 is 6.50. The molecule has 2 aliphatic carbocycles. The van der Waals surface area contributed by atoms with Crippen molar-refractivity contribution in [3.8, 4) is 11.5 Å². The van der Waals surface area contributed by atoms with Gasteiger partial charge in [-0.3, -0.25) is 0 Å². The van der Waals surface area contributed by atoms with Crippen molar-refractivity contribution in [2.24, 2.45) is 0 Å². The normalized spacial score (nSPS) is 33.7. The number of benzene rings is 1. The number of hydrogen-bond donors (Lipinski definition) is 1. The summed E-state index contributed by atoms with van der Waals surface area (Å²) in [4.78, 5) is 0. The first kappa shape index (κ1) is 12.6. The van der Waals surface area contributed by atoms with Crippen molar-refractivity contribution >= 4 is 0 Å². The van der Waals surface area contributed by atoms with Crippen molar-refractivity contribution in [2.75, 3.05) is 0 Å². The average Bonchev–Trinajstić information content (AvgIpc) is 3.01. The second kappa shape index (κ2) is 4.16. The van der Waals surface area contributed by atoms with Gasteiger partial charge >= 0.3 is 0 Å². The molecule has 3 unspecified atom stereocenters. The summed E-state index contributed by atoms with van der Waals surface area (Å²) in [6.07, 6.45) is 8.16. The molecule has 1 aliphatic heterocycles. The van der Waals surface area contributed by atoms with E-state index in [1.54, 1.807) is 0 Å². The minimum absolute atomic E-state index is 0.00563. The lowest BCUT2D eigenvalue weighted by Gasteiger charge is -2.38. The van der Waals surface area contributed by atoms with Crippen LogP contribution in [0.15, 0.2) is 6.07 Å². The topological polar surface area (TPSA) is 29.5 Å². The highest BCUT2D eigenvalue weighted by Gasteiger charge is 2.44. The van der Waals surface area contributed by atoms with E-state index in [2.05, 4.69) is 13.8 Å². The molecule has 108 valence electrons. The highest BCUT2D eigenvalue weighted by molar-refractivity contribution is 5.60. The molecule has 0 saturated heterocycles. The van der Waals surface area contributed by atoms with Crippen molar-refractivity contribution in [1.82, 2.24) is 0 Å². The molecule has 0 amide bonds. The van der Waals surface area contributed by atoms with Gasteiger partial charge in [0, 0.05) is 11.1 Å². The Labute approximate surface area is 121 Å². The number of fused-ring (bicyclic) bond motifs is 7. The molecule has 4 rings (SSSR count). The zero-order valence-corrected chi connectivity index (χ0v) is 12.5. The first-order valence-electron chi connectivity index (χ1n) is 8.19. The Kier molecular flexibility index (Phi) is 2.61. The predicted molar refractivity (Wildman–Crippen MR) is 79.7 cm³/mol. The molecule has 2 nitrogen and oxygen atoms in total.